The zero-order valence-corrected chi connectivity index (χ0v) is 22.3. The number of nitrogens with zero attached hydrogens (tertiary/aromatic N) is 2. The molecule has 3 rings (SSSR count). The Morgan fingerprint density at radius 1 is 0.842 bits per heavy atom. The number of alkyl halides is 6. The highest BCUT2D eigenvalue weighted by Gasteiger charge is 2.59. The van der Waals surface area contributed by atoms with Crippen LogP contribution >= 0.6 is 0 Å². The Labute approximate surface area is 222 Å². The molecule has 38 heavy (non-hydrogen) atoms. The van der Waals surface area contributed by atoms with E-state index < -0.39 is 42.9 Å². The third-order valence-electron chi connectivity index (χ3n) is 7.37. The van der Waals surface area contributed by atoms with Crippen LogP contribution in [0.5, 0.6) is 0 Å². The van der Waals surface area contributed by atoms with Gasteiger partial charge in [-0.2, -0.15) is 31.6 Å². The van der Waals surface area contributed by atoms with Crippen LogP contribution in [0.15, 0.2) is 54.6 Å². The molecule has 0 aromatic heterocycles. The van der Waals surface area contributed by atoms with Crippen LogP contribution < -0.4 is 0 Å². The molecule has 2 nitrogen and oxygen atoms in total. The maximum absolute atomic E-state index is 13.2. The molecule has 8 heteroatoms. The Balaban J connectivity index is 0.00000161. The first-order valence-corrected chi connectivity index (χ1v) is 13.2. The van der Waals surface area contributed by atoms with E-state index in [1.807, 2.05) is 30.3 Å². The van der Waals surface area contributed by atoms with Gasteiger partial charge in [-0.1, -0.05) is 61.5 Å². The maximum atomic E-state index is 13.2. The largest absolute Gasteiger partial charge is 0.392 e. The van der Waals surface area contributed by atoms with Gasteiger partial charge in [0.15, 0.2) is 0 Å². The minimum Gasteiger partial charge on any atom is -0.300 e. The Morgan fingerprint density at radius 3 is 1.82 bits per heavy atom. The molecule has 2 aromatic rings. The van der Waals surface area contributed by atoms with Crippen LogP contribution in [0.2, 0.25) is 0 Å². The van der Waals surface area contributed by atoms with E-state index in [2.05, 4.69) is 30.9 Å². The maximum Gasteiger partial charge on any atom is 0.392 e. The van der Waals surface area contributed by atoms with Crippen molar-refractivity contribution in [2.24, 2.45) is 11.8 Å². The number of hydrogen-bond acceptors (Lipinski definition) is 2. The van der Waals surface area contributed by atoms with Crippen molar-refractivity contribution in [3.63, 3.8) is 0 Å². The second-order valence-corrected chi connectivity index (χ2v) is 10.1. The quantitative estimate of drug-likeness (QED) is 0.282. The molecule has 1 aliphatic rings. The molecule has 2 aromatic carbocycles. The van der Waals surface area contributed by atoms with E-state index in [-0.39, 0.29) is 0 Å². The van der Waals surface area contributed by atoms with Gasteiger partial charge in [0.1, 0.15) is 0 Å². The van der Waals surface area contributed by atoms with Gasteiger partial charge in [-0.3, -0.25) is 0 Å². The molecule has 0 N–H and O–H groups in total. The van der Waals surface area contributed by atoms with Crippen molar-refractivity contribution in [1.82, 2.24) is 4.90 Å². The highest BCUT2D eigenvalue weighted by atomic mass is 19.4. The SMILES string of the molecule is CC#N.CCCN(CCc1ccccc1)C(C)CCc1ccc(C2CC(C(F)(F)F)C(C(F)(F)F)C2)cc1. The molecular weight excluding hydrogens is 502 g/mol. The molecule has 210 valence electrons. The Morgan fingerprint density at radius 2 is 1.34 bits per heavy atom. The topological polar surface area (TPSA) is 27.0 Å². The minimum atomic E-state index is -4.84. The van der Waals surface area contributed by atoms with Crippen molar-refractivity contribution in [1.29, 1.82) is 5.26 Å². The molecule has 3 unspecified atom stereocenters. The van der Waals surface area contributed by atoms with E-state index in [0.29, 0.717) is 11.6 Å². The Hall–Kier alpha value is -2.53. The van der Waals surface area contributed by atoms with Crippen LogP contribution in [0.3, 0.4) is 0 Å². The van der Waals surface area contributed by atoms with E-state index in [9.17, 15) is 26.3 Å². The third kappa shape index (κ3) is 9.65. The van der Waals surface area contributed by atoms with Gasteiger partial charge >= 0.3 is 12.4 Å². The van der Waals surface area contributed by atoms with Crippen LogP contribution in [-0.4, -0.2) is 36.4 Å². The van der Waals surface area contributed by atoms with Crippen molar-refractivity contribution >= 4 is 0 Å². The lowest BCUT2D eigenvalue weighted by molar-refractivity contribution is -0.245. The van der Waals surface area contributed by atoms with E-state index >= 15 is 0 Å². The first-order valence-electron chi connectivity index (χ1n) is 13.2. The lowest BCUT2D eigenvalue weighted by atomic mass is 9.94. The zero-order chi connectivity index (χ0) is 28.3. The van der Waals surface area contributed by atoms with Crippen LogP contribution in [0.25, 0.3) is 0 Å². The second-order valence-electron chi connectivity index (χ2n) is 10.1. The summed E-state index contributed by atoms with van der Waals surface area (Å²) >= 11 is 0. The second kappa shape index (κ2) is 14.6. The summed E-state index contributed by atoms with van der Waals surface area (Å²) in [6.07, 6.45) is -6.88. The first kappa shape index (κ1) is 31.7. The molecule has 0 saturated heterocycles. The summed E-state index contributed by atoms with van der Waals surface area (Å²) in [7, 11) is 0. The fraction of sp³-hybridized carbons (Fsp3) is 0.567. The van der Waals surface area contributed by atoms with Crippen molar-refractivity contribution < 1.29 is 26.3 Å². The van der Waals surface area contributed by atoms with Crippen LogP contribution in [0, 0.1) is 23.2 Å². The highest BCUT2D eigenvalue weighted by molar-refractivity contribution is 5.27. The van der Waals surface area contributed by atoms with Crippen molar-refractivity contribution in [3.8, 4) is 6.07 Å². The smallest absolute Gasteiger partial charge is 0.300 e. The van der Waals surface area contributed by atoms with Crippen molar-refractivity contribution in [2.75, 3.05) is 13.1 Å². The molecular formula is C30H38F6N2. The number of rotatable bonds is 10. The van der Waals surface area contributed by atoms with Gasteiger partial charge < -0.3 is 4.90 Å². The van der Waals surface area contributed by atoms with Crippen molar-refractivity contribution in [3.05, 3.63) is 71.3 Å². The monoisotopic (exact) mass is 540 g/mol. The van der Waals surface area contributed by atoms with Gasteiger partial charge in [0, 0.05) is 19.5 Å². The predicted octanol–water partition coefficient (Wildman–Crippen LogP) is 8.73. The molecule has 0 bridgehead atoms. The average Bonchev–Trinajstić information content (AvgIpc) is 3.34. The van der Waals surface area contributed by atoms with Crippen molar-refractivity contribution in [2.45, 2.75) is 83.6 Å². The Bertz CT molecular complexity index is 957. The molecule has 1 fully saturated rings. The summed E-state index contributed by atoms with van der Waals surface area (Å²) in [4.78, 5) is 2.48. The molecule has 1 saturated carbocycles. The number of nitriles is 1. The third-order valence-corrected chi connectivity index (χ3v) is 7.37. The van der Waals surface area contributed by atoms with Gasteiger partial charge in [0.25, 0.3) is 0 Å². The molecule has 0 amide bonds. The zero-order valence-electron chi connectivity index (χ0n) is 22.3. The fourth-order valence-electron chi connectivity index (χ4n) is 5.31. The fourth-order valence-corrected chi connectivity index (χ4v) is 5.31. The lowest BCUT2D eigenvalue weighted by Crippen LogP contribution is -2.35. The lowest BCUT2D eigenvalue weighted by Gasteiger charge is -2.29. The van der Waals surface area contributed by atoms with Gasteiger partial charge in [0.2, 0.25) is 0 Å². The number of halogens is 6. The summed E-state index contributed by atoms with van der Waals surface area (Å²) in [6.45, 7) is 7.79. The number of hydrogen-bond donors (Lipinski definition) is 0. The summed E-state index contributed by atoms with van der Waals surface area (Å²) < 4.78 is 79.4. The predicted molar refractivity (Wildman–Crippen MR) is 139 cm³/mol. The molecule has 1 aliphatic carbocycles. The molecule has 0 radical (unpaired) electrons. The summed E-state index contributed by atoms with van der Waals surface area (Å²) in [5.41, 5.74) is 2.93. The summed E-state index contributed by atoms with van der Waals surface area (Å²) in [5, 5.41) is 7.32. The average molecular weight is 541 g/mol. The molecule has 0 heterocycles. The summed E-state index contributed by atoms with van der Waals surface area (Å²) in [6, 6.07) is 19.6. The highest BCUT2D eigenvalue weighted by Crippen LogP contribution is 2.54. The molecule has 0 spiro atoms. The van der Waals surface area contributed by atoms with Crippen LogP contribution in [0.4, 0.5) is 26.3 Å². The molecule has 3 atom stereocenters. The van der Waals surface area contributed by atoms with Crippen LogP contribution in [-0.2, 0) is 12.8 Å². The first-order chi connectivity index (χ1) is 17.9. The van der Waals surface area contributed by atoms with E-state index in [4.69, 9.17) is 5.26 Å². The van der Waals surface area contributed by atoms with Gasteiger partial charge in [0.05, 0.1) is 17.9 Å². The van der Waals surface area contributed by atoms with E-state index in [1.165, 1.54) is 12.5 Å². The van der Waals surface area contributed by atoms with E-state index in [0.717, 1.165) is 44.3 Å². The molecule has 0 aliphatic heterocycles. The summed E-state index contributed by atoms with van der Waals surface area (Å²) in [5.74, 6) is -5.37. The van der Waals surface area contributed by atoms with Gasteiger partial charge in [-0.25, -0.2) is 0 Å². The van der Waals surface area contributed by atoms with E-state index in [1.54, 1.807) is 18.2 Å². The standard InChI is InChI=1S/C28H35F6N.C2H3N/c1-3-16-35(17-15-21-7-5-4-6-8-21)20(2)9-10-22-11-13-23(14-12-22)24-18-25(27(29,30)31)26(19-24)28(32,33)34;1-2-3/h4-8,11-14,20,24-26H,3,9-10,15-19H2,1-2H3;1H3. The van der Waals surface area contributed by atoms with Crippen LogP contribution in [0.1, 0.15) is 69.1 Å². The van der Waals surface area contributed by atoms with Gasteiger partial charge in [-0.15, -0.1) is 0 Å². The minimum absolute atomic E-state index is 0.369. The van der Waals surface area contributed by atoms with Gasteiger partial charge in [-0.05, 0) is 74.6 Å². The number of aryl methyl sites for hydroxylation is 1. The Kier molecular flexibility index (Phi) is 12.2. The normalized spacial score (nSPS) is 20.5. The number of benzene rings is 2.